The van der Waals surface area contributed by atoms with E-state index in [1.165, 1.54) is 33.5 Å². The molecular weight excluding hydrogens is 473 g/mol. The molecule has 0 unspecified atom stereocenters. The first-order valence-corrected chi connectivity index (χ1v) is 10.1. The third-order valence-corrected chi connectivity index (χ3v) is 4.93. The highest BCUT2D eigenvalue weighted by Crippen LogP contribution is 2.41. The Morgan fingerprint density at radius 1 is 1.03 bits per heavy atom. The molecular formula is C22H19F3N4O6. The standard InChI is InChI=1S/C22H19F3N4O6/c1-31-15-8-12(9-16(32-2)19(15)33-3)20-28-27-17(35-20)11-34-18(30)10-29-14-7-5-4-6-13(14)26-21(29)22(23,24)25/h4-9H,10-11H2,1-3H3. The maximum absolute atomic E-state index is 13.4. The van der Waals surface area contributed by atoms with Crippen molar-refractivity contribution in [3.8, 4) is 28.7 Å². The number of nitrogens with zero attached hydrogens (tertiary/aromatic N) is 4. The molecule has 0 fully saturated rings. The van der Waals surface area contributed by atoms with Crippen LogP contribution in [0, 0.1) is 0 Å². The van der Waals surface area contributed by atoms with Gasteiger partial charge in [0.05, 0.1) is 32.4 Å². The predicted octanol–water partition coefficient (Wildman–Crippen LogP) is 3.87. The number of benzene rings is 2. The van der Waals surface area contributed by atoms with Crippen molar-refractivity contribution >= 4 is 17.0 Å². The fraction of sp³-hybridized carbons (Fsp3) is 0.273. The number of ether oxygens (including phenoxy) is 4. The topological polar surface area (TPSA) is 111 Å². The predicted molar refractivity (Wildman–Crippen MR) is 114 cm³/mol. The van der Waals surface area contributed by atoms with Crippen molar-refractivity contribution in [3.05, 3.63) is 48.1 Å². The Morgan fingerprint density at radius 2 is 1.71 bits per heavy atom. The molecule has 0 saturated carbocycles. The summed E-state index contributed by atoms with van der Waals surface area (Å²) in [5, 5.41) is 7.73. The minimum absolute atomic E-state index is 0.0614. The fourth-order valence-corrected chi connectivity index (χ4v) is 3.40. The molecule has 4 aromatic rings. The van der Waals surface area contributed by atoms with Crippen molar-refractivity contribution in [1.29, 1.82) is 0 Å². The zero-order chi connectivity index (χ0) is 25.2. The van der Waals surface area contributed by atoms with E-state index >= 15 is 0 Å². The number of methoxy groups -OCH3 is 3. The van der Waals surface area contributed by atoms with Gasteiger partial charge in [0.15, 0.2) is 18.1 Å². The SMILES string of the molecule is COc1cc(-c2nnc(COC(=O)Cn3c(C(F)(F)F)nc4ccccc43)o2)cc(OC)c1OC. The van der Waals surface area contributed by atoms with Crippen molar-refractivity contribution in [2.75, 3.05) is 21.3 Å². The van der Waals surface area contributed by atoms with Crippen LogP contribution in [0.5, 0.6) is 17.2 Å². The molecule has 0 N–H and O–H groups in total. The first-order valence-electron chi connectivity index (χ1n) is 10.1. The molecule has 0 aliphatic rings. The number of aromatic nitrogens is 4. The number of para-hydroxylation sites is 2. The molecule has 184 valence electrons. The lowest BCUT2D eigenvalue weighted by molar-refractivity contribution is -0.151. The van der Waals surface area contributed by atoms with Crippen LogP contribution >= 0.6 is 0 Å². The number of carbonyl (C=O) groups is 1. The minimum Gasteiger partial charge on any atom is -0.493 e. The quantitative estimate of drug-likeness (QED) is 0.339. The van der Waals surface area contributed by atoms with Crippen LogP contribution in [-0.2, 0) is 28.9 Å². The van der Waals surface area contributed by atoms with Gasteiger partial charge >= 0.3 is 12.1 Å². The maximum atomic E-state index is 13.4. The largest absolute Gasteiger partial charge is 0.493 e. The number of hydrogen-bond acceptors (Lipinski definition) is 9. The van der Waals surface area contributed by atoms with Gasteiger partial charge in [0.25, 0.3) is 5.89 Å². The smallest absolute Gasteiger partial charge is 0.449 e. The van der Waals surface area contributed by atoms with Gasteiger partial charge in [-0.15, -0.1) is 10.2 Å². The van der Waals surface area contributed by atoms with Crippen molar-refractivity contribution in [2.45, 2.75) is 19.3 Å². The van der Waals surface area contributed by atoms with Crippen LogP contribution in [0.15, 0.2) is 40.8 Å². The van der Waals surface area contributed by atoms with Gasteiger partial charge in [0, 0.05) is 5.56 Å². The van der Waals surface area contributed by atoms with Crippen LogP contribution < -0.4 is 14.2 Å². The van der Waals surface area contributed by atoms with E-state index in [9.17, 15) is 18.0 Å². The molecule has 10 nitrogen and oxygen atoms in total. The van der Waals surface area contributed by atoms with Crippen LogP contribution in [0.3, 0.4) is 0 Å². The number of esters is 1. The molecule has 35 heavy (non-hydrogen) atoms. The van der Waals surface area contributed by atoms with Gasteiger partial charge in [0.1, 0.15) is 6.54 Å². The number of alkyl halides is 3. The summed E-state index contributed by atoms with van der Waals surface area (Å²) in [4.78, 5) is 15.9. The first-order chi connectivity index (χ1) is 16.7. The Hall–Kier alpha value is -4.29. The van der Waals surface area contributed by atoms with E-state index in [-0.39, 0.29) is 22.8 Å². The van der Waals surface area contributed by atoms with Gasteiger partial charge in [-0.25, -0.2) is 4.98 Å². The van der Waals surface area contributed by atoms with Crippen LogP contribution in [-0.4, -0.2) is 47.0 Å². The Balaban J connectivity index is 1.49. The van der Waals surface area contributed by atoms with E-state index in [2.05, 4.69) is 15.2 Å². The lowest BCUT2D eigenvalue weighted by Crippen LogP contribution is -2.20. The van der Waals surface area contributed by atoms with E-state index in [0.29, 0.717) is 22.8 Å². The van der Waals surface area contributed by atoms with Crippen molar-refractivity contribution < 1.29 is 41.3 Å². The first kappa shape index (κ1) is 23.9. The number of halogens is 3. The van der Waals surface area contributed by atoms with Crippen LogP contribution in [0.25, 0.3) is 22.5 Å². The van der Waals surface area contributed by atoms with Crippen molar-refractivity contribution in [3.63, 3.8) is 0 Å². The molecule has 0 radical (unpaired) electrons. The van der Waals surface area contributed by atoms with Crippen LogP contribution in [0.4, 0.5) is 13.2 Å². The summed E-state index contributed by atoms with van der Waals surface area (Å²) in [5.41, 5.74) is 0.711. The zero-order valence-corrected chi connectivity index (χ0v) is 18.8. The Morgan fingerprint density at radius 3 is 2.34 bits per heavy atom. The summed E-state index contributed by atoms with van der Waals surface area (Å²) in [6, 6.07) is 9.15. The molecule has 0 atom stereocenters. The molecule has 0 amide bonds. The summed E-state index contributed by atoms with van der Waals surface area (Å²) in [5.74, 6) is -1.02. The van der Waals surface area contributed by atoms with Gasteiger partial charge < -0.3 is 27.9 Å². The van der Waals surface area contributed by atoms with Gasteiger partial charge in [0.2, 0.25) is 17.5 Å². The Bertz CT molecular complexity index is 1340. The molecule has 0 bridgehead atoms. The van der Waals surface area contributed by atoms with Crippen LogP contribution in [0.1, 0.15) is 11.7 Å². The van der Waals surface area contributed by atoms with E-state index < -0.39 is 31.1 Å². The van der Waals surface area contributed by atoms with Gasteiger partial charge in [-0.1, -0.05) is 12.1 Å². The second kappa shape index (κ2) is 9.52. The summed E-state index contributed by atoms with van der Waals surface area (Å²) in [6.45, 7) is -1.15. The number of hydrogen-bond donors (Lipinski definition) is 0. The number of fused-ring (bicyclic) bond motifs is 1. The van der Waals surface area contributed by atoms with Crippen molar-refractivity contribution in [1.82, 2.24) is 19.7 Å². The highest BCUT2D eigenvalue weighted by Gasteiger charge is 2.38. The summed E-state index contributed by atoms with van der Waals surface area (Å²) < 4.78 is 67.4. The maximum Gasteiger partial charge on any atom is 0.449 e. The fourth-order valence-electron chi connectivity index (χ4n) is 3.40. The average Bonchev–Trinajstić information content (AvgIpc) is 3.47. The molecule has 0 saturated heterocycles. The molecule has 2 heterocycles. The minimum atomic E-state index is -4.75. The Labute approximate surface area is 196 Å². The number of carbonyl (C=O) groups excluding carboxylic acids is 1. The lowest BCUT2D eigenvalue weighted by atomic mass is 10.2. The average molecular weight is 492 g/mol. The summed E-state index contributed by atoms with van der Waals surface area (Å²) in [7, 11) is 4.37. The molecule has 13 heteroatoms. The van der Waals surface area contributed by atoms with Gasteiger partial charge in [-0.2, -0.15) is 13.2 Å². The third kappa shape index (κ3) is 4.83. The van der Waals surface area contributed by atoms with Gasteiger partial charge in [-0.3, -0.25) is 4.79 Å². The van der Waals surface area contributed by atoms with E-state index in [1.807, 2.05) is 0 Å². The molecule has 2 aromatic heterocycles. The molecule has 0 aliphatic carbocycles. The molecule has 0 aliphatic heterocycles. The Kier molecular flexibility index (Phi) is 6.49. The third-order valence-electron chi connectivity index (χ3n) is 4.93. The summed E-state index contributed by atoms with van der Waals surface area (Å²) >= 11 is 0. The second-order valence-electron chi connectivity index (χ2n) is 7.08. The summed E-state index contributed by atoms with van der Waals surface area (Å²) in [6.07, 6.45) is -4.75. The molecule has 2 aromatic carbocycles. The second-order valence-corrected chi connectivity index (χ2v) is 7.08. The van der Waals surface area contributed by atoms with Crippen molar-refractivity contribution in [2.24, 2.45) is 0 Å². The van der Waals surface area contributed by atoms with E-state index in [0.717, 1.165) is 4.57 Å². The zero-order valence-electron chi connectivity index (χ0n) is 18.8. The highest BCUT2D eigenvalue weighted by atomic mass is 19.4. The van der Waals surface area contributed by atoms with Gasteiger partial charge in [-0.05, 0) is 24.3 Å². The van der Waals surface area contributed by atoms with Crippen LogP contribution in [0.2, 0.25) is 0 Å². The molecule has 4 rings (SSSR count). The lowest BCUT2D eigenvalue weighted by Gasteiger charge is -2.12. The number of rotatable bonds is 8. The highest BCUT2D eigenvalue weighted by molar-refractivity contribution is 5.79. The molecule has 0 spiro atoms. The number of imidazole rings is 1. The van der Waals surface area contributed by atoms with E-state index in [1.54, 1.807) is 24.3 Å². The monoisotopic (exact) mass is 492 g/mol. The normalized spacial score (nSPS) is 11.5. The van der Waals surface area contributed by atoms with E-state index in [4.69, 9.17) is 23.4 Å².